The molecule has 0 saturated heterocycles. The number of aryl methyl sites for hydroxylation is 1. The molecular weight excluding hydrogens is 252 g/mol. The van der Waals surface area contributed by atoms with E-state index >= 15 is 0 Å². The van der Waals surface area contributed by atoms with Crippen LogP contribution in [0.4, 0.5) is 0 Å². The Balaban J connectivity index is 2.20. The molecule has 1 N–H and O–H groups in total. The Hall–Kier alpha value is -0.900. The summed E-state index contributed by atoms with van der Waals surface area (Å²) in [5.41, 5.74) is 2.52. The first kappa shape index (κ1) is 12.6. The maximum atomic E-state index is 5.95. The molecule has 2 aromatic heterocycles. The molecule has 0 aromatic carbocycles. The standard InChI is InChI=1S/C13H15ClN2S/c1-9-5-6-16-8-11(9)12(15-2)7-10-3-4-13(14)17-10/h3-6,8,12,15H,7H2,1-2H3. The van der Waals surface area contributed by atoms with Crippen LogP contribution in [-0.4, -0.2) is 12.0 Å². The van der Waals surface area contributed by atoms with Crippen molar-refractivity contribution in [1.29, 1.82) is 0 Å². The van der Waals surface area contributed by atoms with E-state index in [0.29, 0.717) is 6.04 Å². The summed E-state index contributed by atoms with van der Waals surface area (Å²) in [4.78, 5) is 5.49. The van der Waals surface area contributed by atoms with Gasteiger partial charge in [0.1, 0.15) is 0 Å². The molecule has 0 saturated carbocycles. The molecule has 1 unspecified atom stereocenters. The second kappa shape index (κ2) is 5.63. The van der Waals surface area contributed by atoms with Gasteiger partial charge in [-0.05, 0) is 43.3 Å². The fraction of sp³-hybridized carbons (Fsp3) is 0.308. The SMILES string of the molecule is CNC(Cc1ccc(Cl)s1)c1cnccc1C. The van der Waals surface area contributed by atoms with Crippen LogP contribution in [0.2, 0.25) is 4.34 Å². The number of pyridine rings is 1. The summed E-state index contributed by atoms with van der Waals surface area (Å²) < 4.78 is 0.845. The van der Waals surface area contributed by atoms with Gasteiger partial charge in [-0.3, -0.25) is 4.98 Å². The number of thiophene rings is 1. The van der Waals surface area contributed by atoms with Gasteiger partial charge in [0.25, 0.3) is 0 Å². The Morgan fingerprint density at radius 3 is 2.82 bits per heavy atom. The molecule has 2 heterocycles. The predicted molar refractivity (Wildman–Crippen MR) is 73.8 cm³/mol. The molecule has 17 heavy (non-hydrogen) atoms. The lowest BCUT2D eigenvalue weighted by molar-refractivity contribution is 0.591. The van der Waals surface area contributed by atoms with Crippen LogP contribution in [0, 0.1) is 6.92 Å². The van der Waals surface area contributed by atoms with E-state index in [1.807, 2.05) is 31.6 Å². The number of aromatic nitrogens is 1. The normalized spacial score (nSPS) is 12.6. The van der Waals surface area contributed by atoms with Crippen LogP contribution >= 0.6 is 22.9 Å². The Bertz CT molecular complexity index is 496. The van der Waals surface area contributed by atoms with Gasteiger partial charge in [-0.1, -0.05) is 11.6 Å². The van der Waals surface area contributed by atoms with Crippen molar-refractivity contribution in [3.8, 4) is 0 Å². The van der Waals surface area contributed by atoms with Crippen molar-refractivity contribution in [2.75, 3.05) is 7.05 Å². The lowest BCUT2D eigenvalue weighted by Crippen LogP contribution is -2.19. The highest BCUT2D eigenvalue weighted by atomic mass is 35.5. The van der Waals surface area contributed by atoms with E-state index in [0.717, 1.165) is 10.8 Å². The summed E-state index contributed by atoms with van der Waals surface area (Å²) >= 11 is 7.59. The molecule has 0 spiro atoms. The van der Waals surface area contributed by atoms with Gasteiger partial charge in [-0.2, -0.15) is 0 Å². The summed E-state index contributed by atoms with van der Waals surface area (Å²) in [5, 5.41) is 3.34. The van der Waals surface area contributed by atoms with Crippen molar-refractivity contribution in [3.05, 3.63) is 50.9 Å². The highest BCUT2D eigenvalue weighted by Gasteiger charge is 2.13. The van der Waals surface area contributed by atoms with Crippen molar-refractivity contribution in [3.63, 3.8) is 0 Å². The van der Waals surface area contributed by atoms with Crippen molar-refractivity contribution in [2.45, 2.75) is 19.4 Å². The van der Waals surface area contributed by atoms with Gasteiger partial charge in [-0.25, -0.2) is 0 Å². The molecule has 0 aliphatic heterocycles. The zero-order chi connectivity index (χ0) is 12.3. The van der Waals surface area contributed by atoms with Crippen molar-refractivity contribution < 1.29 is 0 Å². The smallest absolute Gasteiger partial charge is 0.0931 e. The van der Waals surface area contributed by atoms with Crippen LogP contribution in [0.25, 0.3) is 0 Å². The Kier molecular flexibility index (Phi) is 4.15. The summed E-state index contributed by atoms with van der Waals surface area (Å²) in [5.74, 6) is 0. The minimum Gasteiger partial charge on any atom is -0.313 e. The Labute approximate surface area is 111 Å². The topological polar surface area (TPSA) is 24.9 Å². The predicted octanol–water partition coefficient (Wildman–Crippen LogP) is 3.61. The van der Waals surface area contributed by atoms with Crippen molar-refractivity contribution >= 4 is 22.9 Å². The van der Waals surface area contributed by atoms with Crippen molar-refractivity contribution in [2.24, 2.45) is 0 Å². The van der Waals surface area contributed by atoms with Gasteiger partial charge in [0.2, 0.25) is 0 Å². The number of halogens is 1. The lowest BCUT2D eigenvalue weighted by Gasteiger charge is -2.17. The number of hydrogen-bond donors (Lipinski definition) is 1. The molecular formula is C13H15ClN2S. The van der Waals surface area contributed by atoms with Crippen molar-refractivity contribution in [1.82, 2.24) is 10.3 Å². The first-order valence-electron chi connectivity index (χ1n) is 5.52. The summed E-state index contributed by atoms with van der Waals surface area (Å²) in [6.45, 7) is 2.11. The van der Waals surface area contributed by atoms with Gasteiger partial charge in [0.05, 0.1) is 4.34 Å². The Morgan fingerprint density at radius 2 is 2.24 bits per heavy atom. The fourth-order valence-electron chi connectivity index (χ4n) is 1.87. The summed E-state index contributed by atoms with van der Waals surface area (Å²) in [6.07, 6.45) is 4.71. The largest absolute Gasteiger partial charge is 0.313 e. The summed E-state index contributed by atoms with van der Waals surface area (Å²) in [7, 11) is 1.98. The number of hydrogen-bond acceptors (Lipinski definition) is 3. The van der Waals surface area contributed by atoms with E-state index in [1.165, 1.54) is 16.0 Å². The molecule has 4 heteroatoms. The molecule has 0 radical (unpaired) electrons. The maximum Gasteiger partial charge on any atom is 0.0931 e. The van der Waals surface area contributed by atoms with Crippen LogP contribution in [0.5, 0.6) is 0 Å². The molecule has 0 aliphatic carbocycles. The monoisotopic (exact) mass is 266 g/mol. The molecule has 90 valence electrons. The lowest BCUT2D eigenvalue weighted by atomic mass is 10.0. The van der Waals surface area contributed by atoms with Gasteiger partial charge in [-0.15, -0.1) is 11.3 Å². The average Bonchev–Trinajstić information content (AvgIpc) is 2.73. The van der Waals surface area contributed by atoms with E-state index in [4.69, 9.17) is 11.6 Å². The third-order valence-corrected chi connectivity index (χ3v) is 4.09. The zero-order valence-corrected chi connectivity index (χ0v) is 11.5. The van der Waals surface area contributed by atoms with Crippen LogP contribution in [-0.2, 0) is 6.42 Å². The Morgan fingerprint density at radius 1 is 1.41 bits per heavy atom. The molecule has 2 aromatic rings. The van der Waals surface area contributed by atoms with Crippen LogP contribution in [0.15, 0.2) is 30.6 Å². The molecule has 2 rings (SSSR count). The molecule has 0 aliphatic rings. The maximum absolute atomic E-state index is 5.95. The minimum atomic E-state index is 0.290. The average molecular weight is 267 g/mol. The number of rotatable bonds is 4. The molecule has 2 nitrogen and oxygen atoms in total. The number of likely N-dealkylation sites (N-methyl/N-ethyl adjacent to an activating group) is 1. The van der Waals surface area contributed by atoms with E-state index in [1.54, 1.807) is 11.3 Å². The molecule has 0 amide bonds. The third-order valence-electron chi connectivity index (χ3n) is 2.84. The van der Waals surface area contributed by atoms with E-state index in [-0.39, 0.29) is 0 Å². The van der Waals surface area contributed by atoms with E-state index < -0.39 is 0 Å². The zero-order valence-electron chi connectivity index (χ0n) is 9.90. The fourth-order valence-corrected chi connectivity index (χ4v) is 3.00. The van der Waals surface area contributed by atoms with E-state index in [9.17, 15) is 0 Å². The van der Waals surface area contributed by atoms with Crippen LogP contribution in [0.1, 0.15) is 22.0 Å². The van der Waals surface area contributed by atoms with Gasteiger partial charge >= 0.3 is 0 Å². The van der Waals surface area contributed by atoms with Gasteiger partial charge in [0, 0.05) is 29.7 Å². The molecule has 0 fully saturated rings. The first-order chi connectivity index (χ1) is 8.20. The first-order valence-corrected chi connectivity index (χ1v) is 6.72. The number of nitrogens with zero attached hydrogens (tertiary/aromatic N) is 1. The molecule has 0 bridgehead atoms. The minimum absolute atomic E-state index is 0.290. The highest BCUT2D eigenvalue weighted by molar-refractivity contribution is 7.16. The van der Waals surface area contributed by atoms with Crippen LogP contribution < -0.4 is 5.32 Å². The van der Waals surface area contributed by atoms with E-state index in [2.05, 4.69) is 23.3 Å². The summed E-state index contributed by atoms with van der Waals surface area (Å²) in [6, 6.07) is 6.37. The third kappa shape index (κ3) is 3.06. The highest BCUT2D eigenvalue weighted by Crippen LogP contribution is 2.27. The van der Waals surface area contributed by atoms with Crippen LogP contribution in [0.3, 0.4) is 0 Å². The molecule has 1 atom stereocenters. The van der Waals surface area contributed by atoms with Gasteiger partial charge in [0.15, 0.2) is 0 Å². The quantitative estimate of drug-likeness (QED) is 0.915. The second-order valence-corrected chi connectivity index (χ2v) is 5.78. The number of nitrogens with one attached hydrogen (secondary N) is 1. The van der Waals surface area contributed by atoms with Gasteiger partial charge < -0.3 is 5.32 Å². The second-order valence-electron chi connectivity index (χ2n) is 3.98.